The first-order valence-electron chi connectivity index (χ1n) is 8.34. The molecule has 0 N–H and O–H groups in total. The first-order chi connectivity index (χ1) is 13.0. The molecule has 0 radical (unpaired) electrons. The number of carbonyl (C=O) groups is 2. The summed E-state index contributed by atoms with van der Waals surface area (Å²) in [5.41, 5.74) is 1.26. The number of benzene rings is 3. The second-order valence-corrected chi connectivity index (χ2v) is 7.92. The Morgan fingerprint density at radius 3 is 1.74 bits per heavy atom. The predicted molar refractivity (Wildman–Crippen MR) is 99.5 cm³/mol. The third-order valence-corrected chi connectivity index (χ3v) is 6.27. The number of hydrogen-bond donors (Lipinski definition) is 0. The van der Waals surface area contributed by atoms with Gasteiger partial charge in [-0.2, -0.15) is 4.31 Å². The number of hydrogen-bond acceptors (Lipinski definition) is 4. The van der Waals surface area contributed by atoms with Gasteiger partial charge in [0.1, 0.15) is 4.90 Å². The summed E-state index contributed by atoms with van der Waals surface area (Å²) in [6.45, 7) is 0. The van der Waals surface area contributed by atoms with Crippen LogP contribution < -0.4 is 0 Å². The fraction of sp³-hybridized carbons (Fsp3) is 0.0476. The topological polar surface area (TPSA) is 71.5 Å². The molecule has 0 aliphatic carbocycles. The number of rotatable bonds is 3. The van der Waals surface area contributed by atoms with E-state index >= 15 is 0 Å². The Labute approximate surface area is 156 Å². The summed E-state index contributed by atoms with van der Waals surface area (Å²) in [6.07, 6.45) is 0. The molecule has 134 valence electrons. The summed E-state index contributed by atoms with van der Waals surface area (Å²) in [5.74, 6) is -2.50. The van der Waals surface area contributed by atoms with E-state index in [0.717, 1.165) is 0 Å². The lowest BCUT2D eigenvalue weighted by Crippen LogP contribution is -2.39. The van der Waals surface area contributed by atoms with E-state index in [2.05, 4.69) is 0 Å². The molecule has 1 heterocycles. The van der Waals surface area contributed by atoms with E-state index < -0.39 is 27.8 Å². The fourth-order valence-electron chi connectivity index (χ4n) is 3.29. The Morgan fingerprint density at radius 1 is 0.741 bits per heavy atom. The number of carbonyl (C=O) groups excluding carboxylic acids is 2. The van der Waals surface area contributed by atoms with Crippen LogP contribution >= 0.6 is 0 Å². The van der Waals surface area contributed by atoms with E-state index in [9.17, 15) is 18.0 Å². The second kappa shape index (κ2) is 6.48. The van der Waals surface area contributed by atoms with Gasteiger partial charge in [-0.25, -0.2) is 8.42 Å². The molecule has 1 aliphatic rings. The van der Waals surface area contributed by atoms with Gasteiger partial charge < -0.3 is 0 Å². The average molecular weight is 377 g/mol. The lowest BCUT2D eigenvalue weighted by Gasteiger charge is -2.22. The third-order valence-electron chi connectivity index (χ3n) is 4.53. The van der Waals surface area contributed by atoms with Gasteiger partial charge in [0.05, 0.1) is 11.5 Å². The maximum Gasteiger partial charge on any atom is 0.276 e. The van der Waals surface area contributed by atoms with Gasteiger partial charge in [0.2, 0.25) is 0 Å². The first-order valence-corrected chi connectivity index (χ1v) is 9.78. The average Bonchev–Trinajstić information content (AvgIpc) is 2.90. The second-order valence-electron chi connectivity index (χ2n) is 6.16. The van der Waals surface area contributed by atoms with Crippen molar-refractivity contribution in [1.82, 2.24) is 4.31 Å². The van der Waals surface area contributed by atoms with Crippen LogP contribution in [0.5, 0.6) is 0 Å². The van der Waals surface area contributed by atoms with Gasteiger partial charge in [0, 0.05) is 0 Å². The largest absolute Gasteiger partial charge is 0.276 e. The van der Waals surface area contributed by atoms with Crippen molar-refractivity contribution in [2.24, 2.45) is 0 Å². The predicted octanol–water partition coefficient (Wildman–Crippen LogP) is 3.19. The molecule has 0 fully saturated rings. The maximum atomic E-state index is 13.4. The van der Waals surface area contributed by atoms with E-state index in [1.54, 1.807) is 54.6 Å². The molecule has 5 nitrogen and oxygen atoms in total. The van der Waals surface area contributed by atoms with Crippen molar-refractivity contribution in [1.29, 1.82) is 0 Å². The van der Waals surface area contributed by atoms with E-state index in [1.807, 2.05) is 12.1 Å². The summed E-state index contributed by atoms with van der Waals surface area (Å²) in [6, 6.07) is 23.6. The first kappa shape index (κ1) is 17.2. The quantitative estimate of drug-likeness (QED) is 0.703. The van der Waals surface area contributed by atoms with Gasteiger partial charge in [-0.1, -0.05) is 72.8 Å². The monoisotopic (exact) mass is 377 g/mol. The van der Waals surface area contributed by atoms with Crippen molar-refractivity contribution < 1.29 is 18.0 Å². The lowest BCUT2D eigenvalue weighted by atomic mass is 9.90. The molecule has 3 aromatic carbocycles. The molecule has 0 unspecified atom stereocenters. The number of sulfonamides is 1. The van der Waals surface area contributed by atoms with Gasteiger partial charge in [0.25, 0.3) is 21.8 Å². The van der Waals surface area contributed by atoms with Crippen LogP contribution in [-0.2, 0) is 14.8 Å². The Morgan fingerprint density at radius 2 is 1.22 bits per heavy atom. The summed E-state index contributed by atoms with van der Waals surface area (Å²) >= 11 is 0. The van der Waals surface area contributed by atoms with Crippen LogP contribution in [0.25, 0.3) is 0 Å². The highest BCUT2D eigenvalue weighted by Gasteiger charge is 2.47. The molecule has 0 bridgehead atoms. The molecular formula is C21H15NO4S. The molecule has 27 heavy (non-hydrogen) atoms. The molecule has 3 aromatic rings. The molecule has 1 aliphatic heterocycles. The van der Waals surface area contributed by atoms with Crippen LogP contribution in [0, 0.1) is 0 Å². The Bertz CT molecular complexity index is 1090. The Kier molecular flexibility index (Phi) is 4.12. The minimum Gasteiger partial charge on any atom is -0.272 e. The highest BCUT2D eigenvalue weighted by molar-refractivity contribution is 7.90. The van der Waals surface area contributed by atoms with Gasteiger partial charge in [-0.05, 0) is 23.3 Å². The summed E-state index contributed by atoms with van der Waals surface area (Å²) in [7, 11) is -4.22. The van der Waals surface area contributed by atoms with Crippen molar-refractivity contribution in [3.63, 3.8) is 0 Å². The van der Waals surface area contributed by atoms with Crippen molar-refractivity contribution >= 4 is 21.8 Å². The Balaban J connectivity index is 1.86. The van der Waals surface area contributed by atoms with Crippen molar-refractivity contribution in [3.8, 4) is 0 Å². The van der Waals surface area contributed by atoms with E-state index in [4.69, 9.17) is 0 Å². The maximum absolute atomic E-state index is 13.4. The number of imide groups is 1. The lowest BCUT2D eigenvalue weighted by molar-refractivity contribution is -0.125. The number of nitrogens with zero attached hydrogens (tertiary/aromatic N) is 1. The zero-order valence-corrected chi connectivity index (χ0v) is 15.0. The van der Waals surface area contributed by atoms with Crippen LogP contribution in [0.3, 0.4) is 0 Å². The normalized spacial score (nSPS) is 15.0. The molecule has 0 saturated carbocycles. The minimum atomic E-state index is -4.22. The highest BCUT2D eigenvalue weighted by Crippen LogP contribution is 2.35. The van der Waals surface area contributed by atoms with Gasteiger partial charge >= 0.3 is 0 Å². The molecule has 0 spiro atoms. The van der Waals surface area contributed by atoms with Gasteiger partial charge in [-0.15, -0.1) is 0 Å². The molecule has 6 heteroatoms. The summed E-state index contributed by atoms with van der Waals surface area (Å²) in [4.78, 5) is 26.0. The molecule has 0 atom stereocenters. The van der Waals surface area contributed by atoms with Crippen LogP contribution in [0.1, 0.15) is 27.4 Å². The molecular weight excluding hydrogens is 362 g/mol. The van der Waals surface area contributed by atoms with E-state index in [0.29, 0.717) is 15.4 Å². The van der Waals surface area contributed by atoms with E-state index in [1.165, 1.54) is 18.2 Å². The zero-order chi connectivity index (χ0) is 19.0. The smallest absolute Gasteiger partial charge is 0.272 e. The molecule has 4 rings (SSSR count). The summed E-state index contributed by atoms with van der Waals surface area (Å²) in [5, 5.41) is 0. The molecule has 2 amide bonds. The zero-order valence-electron chi connectivity index (χ0n) is 14.1. The Hall–Kier alpha value is -3.25. The standard InChI is InChI=1S/C21H15NO4S/c23-20-17-13-7-8-14-18(17)27(25,26)22(20)21(24)19(15-9-3-1-4-10-15)16-11-5-2-6-12-16/h1-14,19H. The van der Waals surface area contributed by atoms with Crippen molar-refractivity contribution in [2.45, 2.75) is 10.8 Å². The fourth-order valence-corrected chi connectivity index (χ4v) is 4.83. The van der Waals surface area contributed by atoms with E-state index in [-0.39, 0.29) is 10.5 Å². The van der Waals surface area contributed by atoms with Gasteiger partial charge in [0.15, 0.2) is 0 Å². The van der Waals surface area contributed by atoms with Crippen LogP contribution in [0.4, 0.5) is 0 Å². The SMILES string of the molecule is O=C1c2ccccc2S(=O)(=O)N1C(=O)C(c1ccccc1)c1ccccc1. The van der Waals surface area contributed by atoms with Gasteiger partial charge in [-0.3, -0.25) is 9.59 Å². The van der Waals surface area contributed by atoms with Crippen LogP contribution in [0.15, 0.2) is 89.8 Å². The minimum absolute atomic E-state index is 0.0192. The van der Waals surface area contributed by atoms with Crippen LogP contribution in [-0.4, -0.2) is 24.5 Å². The highest BCUT2D eigenvalue weighted by atomic mass is 32.2. The number of fused-ring (bicyclic) bond motifs is 1. The van der Waals surface area contributed by atoms with Crippen molar-refractivity contribution in [3.05, 3.63) is 102 Å². The molecule has 0 aromatic heterocycles. The van der Waals surface area contributed by atoms with Crippen molar-refractivity contribution in [2.75, 3.05) is 0 Å². The van der Waals surface area contributed by atoms with Crippen LogP contribution in [0.2, 0.25) is 0 Å². The summed E-state index contributed by atoms with van der Waals surface area (Å²) < 4.78 is 26.2. The third kappa shape index (κ3) is 2.74. The molecule has 0 saturated heterocycles. The number of amides is 2.